The first-order valence-electron chi connectivity index (χ1n) is 22.1. The average molecular weight is 864 g/mol. The van der Waals surface area contributed by atoms with Crippen LogP contribution in [0.2, 0.25) is 0 Å². The van der Waals surface area contributed by atoms with Crippen LogP contribution in [0.15, 0.2) is 103 Å². The van der Waals surface area contributed by atoms with Gasteiger partial charge in [-0.3, -0.25) is 44.1 Å². The highest BCUT2D eigenvalue weighted by molar-refractivity contribution is 6.25. The molecular weight excluding hydrogens is 814 g/mol. The monoisotopic (exact) mass is 863 g/mol. The molecule has 5 aromatic rings. The van der Waals surface area contributed by atoms with Crippen molar-refractivity contribution in [3.05, 3.63) is 143 Å². The van der Waals surface area contributed by atoms with E-state index in [0.29, 0.717) is 49.2 Å². The Morgan fingerprint density at radius 1 is 0.859 bits per heavy atom. The van der Waals surface area contributed by atoms with Crippen molar-refractivity contribution in [2.24, 2.45) is 5.92 Å². The van der Waals surface area contributed by atoms with Gasteiger partial charge in [0.2, 0.25) is 17.7 Å². The number of carbonyl (C=O) groups is 5. The third kappa shape index (κ3) is 8.75. The van der Waals surface area contributed by atoms with Gasteiger partial charge in [-0.1, -0.05) is 36.4 Å². The van der Waals surface area contributed by atoms with Gasteiger partial charge in [0.05, 0.1) is 23.8 Å². The second kappa shape index (κ2) is 18.5. The topological polar surface area (TPSA) is 173 Å². The van der Waals surface area contributed by atoms with Gasteiger partial charge in [-0.25, -0.2) is 4.39 Å². The number of aliphatic hydroxyl groups excluding tert-OH is 1. The Kier molecular flexibility index (Phi) is 12.3. The number of imide groups is 2. The number of piperidine rings is 1. The summed E-state index contributed by atoms with van der Waals surface area (Å²) in [4.78, 5) is 71.3. The molecule has 5 heterocycles. The molecule has 4 aliphatic heterocycles. The van der Waals surface area contributed by atoms with E-state index in [2.05, 4.69) is 49.4 Å². The molecule has 64 heavy (non-hydrogen) atoms. The van der Waals surface area contributed by atoms with E-state index in [1.807, 2.05) is 54.9 Å². The van der Waals surface area contributed by atoms with Crippen LogP contribution in [0.4, 0.5) is 21.5 Å². The van der Waals surface area contributed by atoms with Crippen molar-refractivity contribution >= 4 is 46.6 Å². The number of pyridine rings is 1. The molecule has 0 saturated carbocycles. The normalized spacial score (nSPS) is 20.3. The number of aliphatic hydroxyl groups is 1. The Morgan fingerprint density at radius 2 is 1.69 bits per heavy atom. The van der Waals surface area contributed by atoms with E-state index in [1.54, 1.807) is 24.3 Å². The van der Waals surface area contributed by atoms with Gasteiger partial charge < -0.3 is 21.1 Å². The highest BCUT2D eigenvalue weighted by Gasteiger charge is 2.46. The molecule has 1 aromatic heterocycles. The average Bonchev–Trinajstić information content (AvgIpc) is 3.83. The SMILES string of the molecule is O=C1CCC(N2C(=O)c3cccc(NCCCc4ccc(CCCC(=O)Nc5cccc(-c6ccc7c(c6)[C@H]6[C@H](CCN6Cc6ccncc6)[C@@H](CO)N7)c5)c(F)c4)c3C2=O)C(=O)N1. The highest BCUT2D eigenvalue weighted by atomic mass is 19.1. The molecule has 2 fully saturated rings. The molecule has 0 bridgehead atoms. The van der Waals surface area contributed by atoms with E-state index >= 15 is 4.39 Å². The first-order valence-corrected chi connectivity index (χ1v) is 22.1. The van der Waals surface area contributed by atoms with E-state index < -0.39 is 29.7 Å². The van der Waals surface area contributed by atoms with Gasteiger partial charge in [0, 0.05) is 67.3 Å². The lowest BCUT2D eigenvalue weighted by Crippen LogP contribution is -2.54. The summed E-state index contributed by atoms with van der Waals surface area (Å²) in [5, 5.41) is 22.3. The number of hydrogen-bond donors (Lipinski definition) is 5. The maximum absolute atomic E-state index is 15.2. The number of aromatic nitrogens is 1. The molecule has 328 valence electrons. The summed E-state index contributed by atoms with van der Waals surface area (Å²) in [7, 11) is 0. The standard InChI is InChI=1S/C50H50FN7O6/c51-39-25-30(5-4-21-53-41-10-3-9-37-46(41)50(64)58(49(37)63)43-16-17-45(61)56-48(43)62)12-13-32(39)6-2-11-44(60)54-35-8-1-7-33(26-35)34-14-15-40-38(27-34)47-36(42(29-59)55-40)20-24-57(47)28-31-18-22-52-23-19-31/h1,3,7-10,12-15,18-19,22-23,25-27,36,42-43,47,53,55,59H,2,4-6,11,16-17,20-21,24,28-29H2,(H,54,60)(H,56,61,62)/t36-,42-,43?,47-/m1/s1. The first-order chi connectivity index (χ1) is 31.1. The van der Waals surface area contributed by atoms with E-state index in [4.69, 9.17) is 0 Å². The molecular formula is C50H50FN7O6. The second-order valence-electron chi connectivity index (χ2n) is 17.1. The minimum Gasteiger partial charge on any atom is -0.394 e. The van der Waals surface area contributed by atoms with Crippen molar-refractivity contribution in [3.8, 4) is 11.1 Å². The summed E-state index contributed by atoms with van der Waals surface area (Å²) < 4.78 is 15.2. The number of rotatable bonds is 15. The maximum atomic E-state index is 15.2. The van der Waals surface area contributed by atoms with Crippen LogP contribution in [-0.4, -0.2) is 81.2 Å². The summed E-state index contributed by atoms with van der Waals surface area (Å²) in [6.07, 6.45) is 7.05. The number of benzene rings is 4. The van der Waals surface area contributed by atoms with Crippen LogP contribution in [0.25, 0.3) is 11.1 Å². The van der Waals surface area contributed by atoms with Crippen LogP contribution in [0.5, 0.6) is 0 Å². The van der Waals surface area contributed by atoms with E-state index in [1.165, 1.54) is 17.2 Å². The fourth-order valence-electron chi connectivity index (χ4n) is 9.80. The molecule has 0 aliphatic carbocycles. The van der Waals surface area contributed by atoms with Crippen LogP contribution in [0.3, 0.4) is 0 Å². The number of amides is 5. The molecule has 2 saturated heterocycles. The number of nitrogens with zero attached hydrogens (tertiary/aromatic N) is 3. The van der Waals surface area contributed by atoms with Gasteiger partial charge in [0.1, 0.15) is 11.9 Å². The number of halogens is 1. The lowest BCUT2D eigenvalue weighted by molar-refractivity contribution is -0.136. The van der Waals surface area contributed by atoms with Crippen molar-refractivity contribution in [1.82, 2.24) is 20.1 Å². The predicted octanol–water partition coefficient (Wildman–Crippen LogP) is 6.64. The molecule has 4 atom stereocenters. The van der Waals surface area contributed by atoms with Gasteiger partial charge >= 0.3 is 0 Å². The Labute approximate surface area is 370 Å². The smallest absolute Gasteiger partial charge is 0.264 e. The molecule has 5 N–H and O–H groups in total. The molecule has 4 aliphatic rings. The fraction of sp³-hybridized carbons (Fsp3) is 0.320. The number of carbonyl (C=O) groups excluding carboxylic acids is 5. The molecule has 0 radical (unpaired) electrons. The van der Waals surface area contributed by atoms with Crippen LogP contribution < -0.4 is 21.3 Å². The molecule has 0 spiro atoms. The number of anilines is 3. The van der Waals surface area contributed by atoms with Crippen molar-refractivity contribution in [2.45, 2.75) is 76.0 Å². The minimum absolute atomic E-state index is 0.0153. The zero-order valence-electron chi connectivity index (χ0n) is 35.3. The Balaban J connectivity index is 0.759. The number of aryl methyl sites for hydroxylation is 2. The van der Waals surface area contributed by atoms with Gasteiger partial charge in [-0.2, -0.15) is 0 Å². The number of hydrogen-bond acceptors (Lipinski definition) is 10. The summed E-state index contributed by atoms with van der Waals surface area (Å²) in [5.74, 6) is -2.43. The van der Waals surface area contributed by atoms with Gasteiger partial charge in [0.15, 0.2) is 0 Å². The quantitative estimate of drug-likeness (QED) is 0.0567. The molecule has 5 amide bonds. The second-order valence-corrected chi connectivity index (χ2v) is 17.1. The molecule has 1 unspecified atom stereocenters. The lowest BCUT2D eigenvalue weighted by Gasteiger charge is -2.39. The Morgan fingerprint density at radius 3 is 2.50 bits per heavy atom. The Hall–Kier alpha value is -6.77. The van der Waals surface area contributed by atoms with Gasteiger partial charge in [-0.15, -0.1) is 0 Å². The predicted molar refractivity (Wildman–Crippen MR) is 240 cm³/mol. The summed E-state index contributed by atoms with van der Waals surface area (Å²) in [5.41, 5.74) is 8.37. The van der Waals surface area contributed by atoms with Crippen LogP contribution in [0, 0.1) is 11.7 Å². The van der Waals surface area contributed by atoms with Crippen LogP contribution in [-0.2, 0) is 33.8 Å². The van der Waals surface area contributed by atoms with Gasteiger partial charge in [0.25, 0.3) is 11.8 Å². The Bertz CT molecular complexity index is 2620. The fourth-order valence-corrected chi connectivity index (χ4v) is 9.80. The van der Waals surface area contributed by atoms with Crippen LogP contribution >= 0.6 is 0 Å². The summed E-state index contributed by atoms with van der Waals surface area (Å²) in [6.45, 7) is 2.26. The largest absolute Gasteiger partial charge is 0.394 e. The third-order valence-corrected chi connectivity index (χ3v) is 13.0. The van der Waals surface area contributed by atoms with E-state index in [9.17, 15) is 29.1 Å². The van der Waals surface area contributed by atoms with E-state index in [0.717, 1.165) is 46.8 Å². The number of fused-ring (bicyclic) bond motifs is 4. The third-order valence-electron chi connectivity index (χ3n) is 13.0. The van der Waals surface area contributed by atoms with Gasteiger partial charge in [-0.05, 0) is 133 Å². The summed E-state index contributed by atoms with van der Waals surface area (Å²) in [6, 6.07) is 27.5. The number of likely N-dealkylation sites (tertiary alicyclic amines) is 1. The first kappa shape index (κ1) is 42.5. The molecule has 14 heteroatoms. The molecule has 13 nitrogen and oxygen atoms in total. The van der Waals surface area contributed by atoms with Crippen molar-refractivity contribution in [2.75, 3.05) is 35.6 Å². The minimum atomic E-state index is -1.04. The van der Waals surface area contributed by atoms with Crippen molar-refractivity contribution in [1.29, 1.82) is 0 Å². The molecule has 9 rings (SSSR count). The van der Waals surface area contributed by atoms with E-state index in [-0.39, 0.29) is 66.7 Å². The highest BCUT2D eigenvalue weighted by Crippen LogP contribution is 2.48. The molecule has 4 aromatic carbocycles. The lowest BCUT2D eigenvalue weighted by atomic mass is 9.82. The zero-order chi connectivity index (χ0) is 44.3. The zero-order valence-corrected chi connectivity index (χ0v) is 35.3. The van der Waals surface area contributed by atoms with Crippen molar-refractivity contribution in [3.63, 3.8) is 0 Å². The van der Waals surface area contributed by atoms with Crippen LogP contribution in [0.1, 0.15) is 87.5 Å². The summed E-state index contributed by atoms with van der Waals surface area (Å²) >= 11 is 0. The van der Waals surface area contributed by atoms with Crippen molar-refractivity contribution < 1.29 is 33.5 Å². The number of nitrogens with one attached hydrogen (secondary N) is 4. The maximum Gasteiger partial charge on any atom is 0.264 e.